The Labute approximate surface area is 130 Å². The average Bonchev–Trinajstić information content (AvgIpc) is 2.94. The maximum atomic E-state index is 12.8. The average molecular weight is 302 g/mol. The summed E-state index contributed by atoms with van der Waals surface area (Å²) in [7, 11) is 0. The molecule has 3 N–H and O–H groups in total. The number of likely N-dealkylation sites (tertiary alicyclic amines) is 1. The molecule has 2 fully saturated rings. The van der Waals surface area contributed by atoms with Gasteiger partial charge in [-0.15, -0.1) is 0 Å². The Balaban J connectivity index is 1.88. The largest absolute Gasteiger partial charge is 0.480 e. The molecule has 1 aromatic carbocycles. The first kappa shape index (κ1) is 15.0. The van der Waals surface area contributed by atoms with Gasteiger partial charge in [0.25, 0.3) is 5.91 Å². The molecule has 1 aliphatic heterocycles. The summed E-state index contributed by atoms with van der Waals surface area (Å²) in [4.78, 5) is 26.1. The van der Waals surface area contributed by atoms with Gasteiger partial charge >= 0.3 is 5.97 Å². The molecular formula is C17H22N2O3. The van der Waals surface area contributed by atoms with Gasteiger partial charge in [0.2, 0.25) is 0 Å². The number of carbonyl (C=O) groups is 2. The second-order valence-electron chi connectivity index (χ2n) is 6.32. The van der Waals surface area contributed by atoms with Gasteiger partial charge in [-0.05, 0) is 42.9 Å². The van der Waals surface area contributed by atoms with Crippen LogP contribution in [0.5, 0.6) is 0 Å². The third-order valence-corrected chi connectivity index (χ3v) is 5.04. The standard InChI is InChI=1S/C17H22N2O3/c18-10-11-5-7-12(8-6-11)16(20)19-14-4-2-1-3-13(14)9-15(19)17(21)22/h5-8,13-15H,1-4,9-10,18H2,(H,21,22). The molecule has 3 atom stereocenters. The summed E-state index contributed by atoms with van der Waals surface area (Å²) in [6.07, 6.45) is 4.75. The highest BCUT2D eigenvalue weighted by Crippen LogP contribution is 2.40. The Hall–Kier alpha value is -1.88. The number of hydrogen-bond donors (Lipinski definition) is 2. The van der Waals surface area contributed by atoms with Gasteiger partial charge in [-0.2, -0.15) is 0 Å². The van der Waals surface area contributed by atoms with Crippen molar-refractivity contribution in [2.24, 2.45) is 11.7 Å². The Morgan fingerprint density at radius 2 is 1.86 bits per heavy atom. The maximum absolute atomic E-state index is 12.8. The van der Waals surface area contributed by atoms with E-state index < -0.39 is 12.0 Å². The Kier molecular flexibility index (Phi) is 4.16. The van der Waals surface area contributed by atoms with E-state index in [1.54, 1.807) is 17.0 Å². The van der Waals surface area contributed by atoms with E-state index >= 15 is 0 Å². The summed E-state index contributed by atoms with van der Waals surface area (Å²) in [6.45, 7) is 0.431. The van der Waals surface area contributed by atoms with Gasteiger partial charge in [0.1, 0.15) is 6.04 Å². The van der Waals surface area contributed by atoms with Crippen molar-refractivity contribution >= 4 is 11.9 Å². The molecule has 3 rings (SSSR count). The highest BCUT2D eigenvalue weighted by molar-refractivity contribution is 5.97. The van der Waals surface area contributed by atoms with Crippen LogP contribution >= 0.6 is 0 Å². The first-order valence-electron chi connectivity index (χ1n) is 7.96. The number of nitrogens with zero attached hydrogens (tertiary/aromatic N) is 1. The molecule has 0 radical (unpaired) electrons. The van der Waals surface area contributed by atoms with Crippen LogP contribution in [-0.2, 0) is 11.3 Å². The minimum atomic E-state index is -0.888. The second kappa shape index (κ2) is 6.08. The number of nitrogens with two attached hydrogens (primary N) is 1. The molecule has 0 aromatic heterocycles. The highest BCUT2D eigenvalue weighted by Gasteiger charge is 2.47. The molecule has 118 valence electrons. The first-order chi connectivity index (χ1) is 10.6. The summed E-state index contributed by atoms with van der Waals surface area (Å²) in [5.74, 6) is -0.714. The molecule has 2 aliphatic rings. The van der Waals surface area contributed by atoms with E-state index in [4.69, 9.17) is 5.73 Å². The molecule has 1 aliphatic carbocycles. The summed E-state index contributed by atoms with van der Waals surface area (Å²) < 4.78 is 0. The molecule has 1 amide bonds. The molecule has 1 aromatic rings. The van der Waals surface area contributed by atoms with Gasteiger partial charge in [-0.3, -0.25) is 4.79 Å². The zero-order valence-corrected chi connectivity index (χ0v) is 12.6. The fourth-order valence-electron chi connectivity index (χ4n) is 3.91. The molecule has 1 saturated carbocycles. The highest BCUT2D eigenvalue weighted by atomic mass is 16.4. The lowest BCUT2D eigenvalue weighted by atomic mass is 9.84. The molecule has 1 saturated heterocycles. The minimum absolute atomic E-state index is 0.0801. The van der Waals surface area contributed by atoms with Crippen molar-refractivity contribution in [3.63, 3.8) is 0 Å². The van der Waals surface area contributed by atoms with Crippen LogP contribution < -0.4 is 5.73 Å². The smallest absolute Gasteiger partial charge is 0.326 e. The van der Waals surface area contributed by atoms with Gasteiger partial charge in [0.05, 0.1) is 0 Å². The zero-order valence-electron chi connectivity index (χ0n) is 12.6. The predicted octanol–water partition coefficient (Wildman–Crippen LogP) is 2.00. The van der Waals surface area contributed by atoms with Crippen molar-refractivity contribution in [2.45, 2.75) is 50.7 Å². The van der Waals surface area contributed by atoms with Crippen molar-refractivity contribution in [2.75, 3.05) is 0 Å². The molecule has 5 nitrogen and oxygen atoms in total. The van der Waals surface area contributed by atoms with E-state index in [1.165, 1.54) is 0 Å². The number of fused-ring (bicyclic) bond motifs is 1. The number of aliphatic carboxylic acids is 1. The van der Waals surface area contributed by atoms with Crippen LogP contribution in [0.4, 0.5) is 0 Å². The number of carbonyl (C=O) groups excluding carboxylic acids is 1. The number of benzene rings is 1. The molecule has 22 heavy (non-hydrogen) atoms. The number of carboxylic acids is 1. The van der Waals surface area contributed by atoms with Crippen LogP contribution in [0.2, 0.25) is 0 Å². The summed E-state index contributed by atoms with van der Waals surface area (Å²) in [5.41, 5.74) is 7.09. The fraction of sp³-hybridized carbons (Fsp3) is 0.529. The van der Waals surface area contributed by atoms with Gasteiger partial charge < -0.3 is 15.7 Å². The lowest BCUT2D eigenvalue weighted by molar-refractivity contribution is -0.141. The number of hydrogen-bond acceptors (Lipinski definition) is 3. The monoisotopic (exact) mass is 302 g/mol. The fourth-order valence-corrected chi connectivity index (χ4v) is 3.91. The van der Waals surface area contributed by atoms with Gasteiger partial charge in [-0.1, -0.05) is 25.0 Å². The van der Waals surface area contributed by atoms with Crippen molar-refractivity contribution in [3.05, 3.63) is 35.4 Å². The quantitative estimate of drug-likeness (QED) is 0.894. The van der Waals surface area contributed by atoms with Crippen molar-refractivity contribution in [1.82, 2.24) is 4.90 Å². The van der Waals surface area contributed by atoms with E-state index in [0.717, 1.165) is 31.2 Å². The van der Waals surface area contributed by atoms with Crippen molar-refractivity contribution in [3.8, 4) is 0 Å². The summed E-state index contributed by atoms with van der Waals surface area (Å²) in [5, 5.41) is 9.50. The summed E-state index contributed by atoms with van der Waals surface area (Å²) >= 11 is 0. The summed E-state index contributed by atoms with van der Waals surface area (Å²) in [6, 6.07) is 6.56. The van der Waals surface area contributed by atoms with Gasteiger partial charge in [0, 0.05) is 18.2 Å². The Morgan fingerprint density at radius 1 is 1.18 bits per heavy atom. The lowest BCUT2D eigenvalue weighted by Crippen LogP contribution is -2.46. The van der Waals surface area contributed by atoms with Crippen LogP contribution in [0.15, 0.2) is 24.3 Å². The topological polar surface area (TPSA) is 83.6 Å². The van der Waals surface area contributed by atoms with Gasteiger partial charge in [-0.25, -0.2) is 4.79 Å². The van der Waals surface area contributed by atoms with Crippen LogP contribution in [0.3, 0.4) is 0 Å². The third-order valence-electron chi connectivity index (χ3n) is 5.04. The zero-order chi connectivity index (χ0) is 15.7. The van der Waals surface area contributed by atoms with E-state index in [1.807, 2.05) is 12.1 Å². The SMILES string of the molecule is NCc1ccc(C(=O)N2C(C(=O)O)CC3CCCCC32)cc1. The molecule has 0 bridgehead atoms. The van der Waals surface area contributed by atoms with E-state index in [-0.39, 0.29) is 11.9 Å². The minimum Gasteiger partial charge on any atom is -0.480 e. The number of amides is 1. The van der Waals surface area contributed by atoms with Crippen molar-refractivity contribution in [1.29, 1.82) is 0 Å². The Bertz CT molecular complexity index is 570. The maximum Gasteiger partial charge on any atom is 0.326 e. The molecular weight excluding hydrogens is 280 g/mol. The van der Waals surface area contributed by atoms with Crippen LogP contribution in [0.25, 0.3) is 0 Å². The van der Waals surface area contributed by atoms with E-state index in [9.17, 15) is 14.7 Å². The molecule has 3 unspecified atom stereocenters. The third kappa shape index (κ3) is 2.61. The van der Waals surface area contributed by atoms with E-state index in [2.05, 4.69) is 0 Å². The predicted molar refractivity (Wildman–Crippen MR) is 82.3 cm³/mol. The molecule has 0 spiro atoms. The van der Waals surface area contributed by atoms with Crippen molar-refractivity contribution < 1.29 is 14.7 Å². The number of carboxylic acid groups (broad SMARTS) is 1. The van der Waals surface area contributed by atoms with E-state index in [0.29, 0.717) is 24.4 Å². The Morgan fingerprint density at radius 3 is 2.50 bits per heavy atom. The van der Waals surface area contributed by atoms with Crippen LogP contribution in [0.1, 0.15) is 48.0 Å². The molecule has 1 heterocycles. The normalized spacial score (nSPS) is 27.5. The van der Waals surface area contributed by atoms with Crippen LogP contribution in [0, 0.1) is 5.92 Å². The van der Waals surface area contributed by atoms with Gasteiger partial charge in [0.15, 0.2) is 0 Å². The first-order valence-corrected chi connectivity index (χ1v) is 7.96. The second-order valence-corrected chi connectivity index (χ2v) is 6.32. The lowest BCUT2D eigenvalue weighted by Gasteiger charge is -2.33. The van der Waals surface area contributed by atoms with Crippen LogP contribution in [-0.4, -0.2) is 34.0 Å². The molecule has 5 heteroatoms. The number of rotatable bonds is 3.